The number of hydrogen-bond donors (Lipinski definition) is 5. The molecular weight excluding hydrogens is 412 g/mol. The first-order chi connectivity index (χ1) is 14.2. The highest BCUT2D eigenvalue weighted by Crippen LogP contribution is 2.22. The van der Waals surface area contributed by atoms with Crippen LogP contribution in [0.3, 0.4) is 0 Å². The van der Waals surface area contributed by atoms with Gasteiger partial charge in [-0.25, -0.2) is 0 Å². The van der Waals surface area contributed by atoms with Crippen molar-refractivity contribution in [2.75, 3.05) is 12.3 Å². The number of aliphatic carboxylic acids is 2. The second kappa shape index (κ2) is 10.8. The van der Waals surface area contributed by atoms with E-state index in [9.17, 15) is 19.2 Å². The fourth-order valence-corrected chi connectivity index (χ4v) is 3.75. The van der Waals surface area contributed by atoms with Gasteiger partial charge in [-0.05, 0) is 18.1 Å². The Kier molecular flexibility index (Phi) is 8.39. The van der Waals surface area contributed by atoms with Gasteiger partial charge in [0.2, 0.25) is 11.8 Å². The van der Waals surface area contributed by atoms with E-state index in [4.69, 9.17) is 21.7 Å². The van der Waals surface area contributed by atoms with Gasteiger partial charge in [0.25, 0.3) is 0 Å². The van der Waals surface area contributed by atoms with Crippen molar-refractivity contribution in [3.8, 4) is 0 Å². The molecule has 0 saturated heterocycles. The van der Waals surface area contributed by atoms with E-state index in [2.05, 4.69) is 4.98 Å². The fourth-order valence-electron chi connectivity index (χ4n) is 2.78. The van der Waals surface area contributed by atoms with Crippen molar-refractivity contribution in [2.24, 2.45) is 11.5 Å². The third-order valence-corrected chi connectivity index (χ3v) is 5.50. The van der Waals surface area contributed by atoms with E-state index in [1.165, 1.54) is 11.8 Å². The average molecular weight is 436 g/mol. The van der Waals surface area contributed by atoms with Crippen molar-refractivity contribution in [1.82, 2.24) is 9.88 Å². The summed E-state index contributed by atoms with van der Waals surface area (Å²) in [7, 11) is 0. The van der Waals surface area contributed by atoms with Crippen LogP contribution in [0.1, 0.15) is 18.4 Å². The molecule has 1 aromatic heterocycles. The molecule has 0 spiro atoms. The van der Waals surface area contributed by atoms with Crippen LogP contribution in [0.4, 0.5) is 0 Å². The van der Waals surface area contributed by atoms with E-state index in [-0.39, 0.29) is 18.6 Å². The predicted octanol–water partition coefficient (Wildman–Crippen LogP) is 0.360. The molecule has 1 heterocycles. The van der Waals surface area contributed by atoms with Gasteiger partial charge in [-0.2, -0.15) is 11.8 Å². The number of thioether (sulfide) groups is 1. The number of rotatable bonds is 11. The Balaban J connectivity index is 1.94. The summed E-state index contributed by atoms with van der Waals surface area (Å²) in [4.78, 5) is 50.4. The maximum Gasteiger partial charge on any atom is 0.323 e. The third kappa shape index (κ3) is 6.31. The molecule has 0 fully saturated rings. The summed E-state index contributed by atoms with van der Waals surface area (Å²) in [6.45, 7) is -0.846. The van der Waals surface area contributed by atoms with Gasteiger partial charge in [-0.1, -0.05) is 18.2 Å². The number of nitrogens with zero attached hydrogens (tertiary/aromatic N) is 1. The monoisotopic (exact) mass is 436 g/mol. The molecule has 0 saturated carbocycles. The van der Waals surface area contributed by atoms with Crippen LogP contribution in [0.2, 0.25) is 0 Å². The first-order valence-electron chi connectivity index (χ1n) is 9.13. The molecule has 0 aliphatic rings. The van der Waals surface area contributed by atoms with E-state index in [1.807, 2.05) is 30.5 Å². The highest BCUT2D eigenvalue weighted by Gasteiger charge is 2.29. The summed E-state index contributed by atoms with van der Waals surface area (Å²) in [6.07, 6.45) is 1.28. The topological polar surface area (TPSA) is 180 Å². The van der Waals surface area contributed by atoms with Crippen LogP contribution < -0.4 is 11.5 Å². The van der Waals surface area contributed by atoms with E-state index >= 15 is 0 Å². The van der Waals surface area contributed by atoms with Crippen molar-refractivity contribution >= 4 is 46.4 Å². The number of fused-ring (bicyclic) bond motifs is 1. The van der Waals surface area contributed by atoms with Gasteiger partial charge in [0, 0.05) is 35.0 Å². The van der Waals surface area contributed by atoms with Crippen molar-refractivity contribution in [1.29, 1.82) is 0 Å². The molecule has 10 nitrogen and oxygen atoms in total. The lowest BCUT2D eigenvalue weighted by Gasteiger charge is -2.22. The number of carbonyl (C=O) groups is 4. The lowest BCUT2D eigenvalue weighted by atomic mass is 10.1. The number of H-pyrrole nitrogens is 1. The predicted molar refractivity (Wildman–Crippen MR) is 112 cm³/mol. The Bertz CT molecular complexity index is 931. The number of aromatic nitrogens is 1. The zero-order chi connectivity index (χ0) is 22.3. The Morgan fingerprint density at radius 3 is 2.47 bits per heavy atom. The molecule has 162 valence electrons. The Hall–Kier alpha value is -2.89. The minimum absolute atomic E-state index is 0.177. The van der Waals surface area contributed by atoms with Crippen molar-refractivity contribution in [3.05, 3.63) is 36.0 Å². The van der Waals surface area contributed by atoms with E-state index < -0.39 is 42.4 Å². The zero-order valence-electron chi connectivity index (χ0n) is 16.1. The van der Waals surface area contributed by atoms with E-state index in [1.54, 1.807) is 0 Å². The molecule has 2 atom stereocenters. The molecule has 0 aliphatic heterocycles. The number of hydrogen-bond acceptors (Lipinski definition) is 7. The van der Waals surface area contributed by atoms with Gasteiger partial charge in [0.15, 0.2) is 0 Å². The highest BCUT2D eigenvalue weighted by atomic mass is 32.2. The molecule has 30 heavy (non-hydrogen) atoms. The van der Waals surface area contributed by atoms with Gasteiger partial charge in [0.1, 0.15) is 12.6 Å². The lowest BCUT2D eigenvalue weighted by Crippen LogP contribution is -2.50. The van der Waals surface area contributed by atoms with Crippen LogP contribution in [0.15, 0.2) is 30.5 Å². The first kappa shape index (κ1) is 23.4. The molecule has 0 aliphatic carbocycles. The molecule has 2 aromatic rings. The SMILES string of the molecule is N[C@@H](CCC(=O)N(CC(=O)O)C(=O)[C@@H](N)CSCc1c[nH]c2ccccc12)C(=O)O. The molecule has 7 N–H and O–H groups in total. The average Bonchev–Trinajstić information content (AvgIpc) is 3.12. The number of nitrogens with one attached hydrogen (secondary N) is 1. The Labute approximate surface area is 176 Å². The maximum atomic E-state index is 12.6. The summed E-state index contributed by atoms with van der Waals surface area (Å²) in [6, 6.07) is 5.40. The second-order valence-corrected chi connectivity index (χ2v) is 7.71. The molecule has 1 aromatic carbocycles. The van der Waals surface area contributed by atoms with E-state index in [0.29, 0.717) is 10.7 Å². The highest BCUT2D eigenvalue weighted by molar-refractivity contribution is 7.98. The second-order valence-electron chi connectivity index (χ2n) is 6.68. The largest absolute Gasteiger partial charge is 0.480 e. The smallest absolute Gasteiger partial charge is 0.323 e. The number of aromatic amines is 1. The van der Waals surface area contributed by atoms with Crippen LogP contribution >= 0.6 is 11.8 Å². The molecule has 2 rings (SSSR count). The van der Waals surface area contributed by atoms with Crippen molar-refractivity contribution in [2.45, 2.75) is 30.7 Å². The molecule has 11 heteroatoms. The minimum atomic E-state index is -1.38. The summed E-state index contributed by atoms with van der Waals surface area (Å²) < 4.78 is 0. The Morgan fingerprint density at radius 1 is 1.10 bits per heavy atom. The third-order valence-electron chi connectivity index (χ3n) is 4.39. The minimum Gasteiger partial charge on any atom is -0.480 e. The number of nitrogens with two attached hydrogens (primary N) is 2. The lowest BCUT2D eigenvalue weighted by molar-refractivity contribution is -0.153. The van der Waals surface area contributed by atoms with Crippen LogP contribution in [0.5, 0.6) is 0 Å². The van der Waals surface area contributed by atoms with Gasteiger partial charge in [0.05, 0.1) is 6.04 Å². The molecule has 2 amide bonds. The van der Waals surface area contributed by atoms with Crippen molar-refractivity contribution in [3.63, 3.8) is 0 Å². The number of carboxylic acid groups (broad SMARTS) is 2. The van der Waals surface area contributed by atoms with Gasteiger partial charge in [-0.3, -0.25) is 24.1 Å². The Morgan fingerprint density at radius 2 is 1.80 bits per heavy atom. The van der Waals surface area contributed by atoms with Crippen LogP contribution in [0, 0.1) is 0 Å². The first-order valence-corrected chi connectivity index (χ1v) is 10.3. The van der Waals surface area contributed by atoms with Gasteiger partial charge >= 0.3 is 11.9 Å². The van der Waals surface area contributed by atoms with Gasteiger partial charge in [-0.15, -0.1) is 0 Å². The summed E-state index contributed by atoms with van der Waals surface area (Å²) in [5, 5.41) is 18.9. The summed E-state index contributed by atoms with van der Waals surface area (Å²) in [5.41, 5.74) is 13.3. The van der Waals surface area contributed by atoms with Crippen molar-refractivity contribution < 1.29 is 29.4 Å². The number of carboxylic acids is 2. The van der Waals surface area contributed by atoms with Crippen LogP contribution in [-0.2, 0) is 24.9 Å². The summed E-state index contributed by atoms with van der Waals surface area (Å²) in [5.74, 6) is -3.56. The molecule has 0 bridgehead atoms. The normalized spacial score (nSPS) is 13.0. The molecule has 0 unspecified atom stereocenters. The number of para-hydroxylation sites is 1. The maximum absolute atomic E-state index is 12.6. The number of imide groups is 1. The van der Waals surface area contributed by atoms with E-state index in [0.717, 1.165) is 16.5 Å². The quantitative estimate of drug-likeness (QED) is 0.332. The molecule has 0 radical (unpaired) electrons. The fraction of sp³-hybridized carbons (Fsp3) is 0.368. The standard InChI is InChI=1S/C19H24N4O6S/c20-13(19(28)29)5-6-16(24)23(8-17(25)26)18(27)14(21)10-30-9-11-7-22-15-4-2-1-3-12(11)15/h1-4,7,13-14,22H,5-6,8-10,20-21H2,(H,25,26)(H,28,29)/t13-,14-/m0/s1. The van der Waals surface area contributed by atoms with Gasteiger partial charge < -0.3 is 26.7 Å². The number of benzene rings is 1. The molecular formula is C19H24N4O6S. The van der Waals surface area contributed by atoms with Crippen LogP contribution in [-0.4, -0.2) is 68.2 Å². The number of amides is 2. The summed E-state index contributed by atoms with van der Waals surface area (Å²) >= 11 is 1.38. The number of carbonyl (C=O) groups excluding carboxylic acids is 2. The van der Waals surface area contributed by atoms with Crippen LogP contribution in [0.25, 0.3) is 10.9 Å². The zero-order valence-corrected chi connectivity index (χ0v) is 16.9.